The first-order valence-electron chi connectivity index (χ1n) is 9.53. The van der Waals surface area contributed by atoms with E-state index in [1.54, 1.807) is 26.0 Å². The van der Waals surface area contributed by atoms with Crippen molar-refractivity contribution in [2.24, 2.45) is 0 Å². The molecule has 2 aromatic rings. The lowest BCUT2D eigenvalue weighted by Gasteiger charge is -2.14. The average molecular weight is 389 g/mol. The quantitative estimate of drug-likeness (QED) is 0.683. The fourth-order valence-corrected chi connectivity index (χ4v) is 3.76. The molecule has 0 saturated heterocycles. The van der Waals surface area contributed by atoms with E-state index < -0.39 is 15.3 Å². The minimum atomic E-state index is -3.31. The van der Waals surface area contributed by atoms with Gasteiger partial charge in [0.05, 0.1) is 11.4 Å². The Morgan fingerprint density at radius 1 is 1.04 bits per heavy atom. The smallest absolute Gasteiger partial charge is 0.235 e. The van der Waals surface area contributed by atoms with Crippen LogP contribution in [0, 0.1) is 0 Å². The van der Waals surface area contributed by atoms with Crippen LogP contribution < -0.4 is 14.8 Å². The molecular formula is C21H28N2O3S. The zero-order valence-electron chi connectivity index (χ0n) is 15.9. The summed E-state index contributed by atoms with van der Waals surface area (Å²) in [6.07, 6.45) is 5.15. The van der Waals surface area contributed by atoms with Gasteiger partial charge in [0, 0.05) is 24.0 Å². The summed E-state index contributed by atoms with van der Waals surface area (Å²) in [5.74, 6) is 0.908. The van der Waals surface area contributed by atoms with Gasteiger partial charge in [0.15, 0.2) is 0 Å². The molecule has 0 atom stereocenters. The van der Waals surface area contributed by atoms with E-state index in [4.69, 9.17) is 4.74 Å². The Morgan fingerprint density at radius 2 is 1.74 bits per heavy atom. The maximum Gasteiger partial charge on any atom is 0.235 e. The first-order chi connectivity index (χ1) is 12.9. The monoisotopic (exact) mass is 388 g/mol. The number of rotatable bonds is 8. The Bertz CT molecular complexity index is 842. The molecule has 0 aromatic heterocycles. The molecule has 0 spiro atoms. The molecule has 1 saturated carbocycles. The highest BCUT2D eigenvalue weighted by atomic mass is 32.2. The number of nitrogens with one attached hydrogen (secondary N) is 2. The van der Waals surface area contributed by atoms with E-state index in [9.17, 15) is 8.42 Å². The van der Waals surface area contributed by atoms with E-state index in [2.05, 4.69) is 10.0 Å². The summed E-state index contributed by atoms with van der Waals surface area (Å²) in [6, 6.07) is 15.5. The molecule has 1 aliphatic rings. The van der Waals surface area contributed by atoms with Crippen molar-refractivity contribution >= 4 is 21.4 Å². The maximum atomic E-state index is 11.9. The van der Waals surface area contributed by atoms with E-state index in [1.165, 1.54) is 12.8 Å². The van der Waals surface area contributed by atoms with Crippen molar-refractivity contribution in [2.75, 3.05) is 10.0 Å². The second-order valence-corrected chi connectivity index (χ2v) is 9.54. The Balaban J connectivity index is 1.55. The summed E-state index contributed by atoms with van der Waals surface area (Å²) in [5, 5.41) is 2.93. The molecule has 2 aromatic carbocycles. The Labute approximate surface area is 162 Å². The molecule has 0 bridgehead atoms. The SMILES string of the molecule is CC(C)S(=O)(=O)Nc1ccc(CNc2cccc(OC3CCCC3)c2)cc1. The van der Waals surface area contributed by atoms with Crippen molar-refractivity contribution in [3.63, 3.8) is 0 Å². The molecule has 0 heterocycles. The number of ether oxygens (including phenoxy) is 1. The zero-order chi connectivity index (χ0) is 19.3. The predicted octanol–water partition coefficient (Wildman–Crippen LogP) is 4.77. The topological polar surface area (TPSA) is 67.4 Å². The van der Waals surface area contributed by atoms with Crippen LogP contribution in [0.15, 0.2) is 48.5 Å². The van der Waals surface area contributed by atoms with Crippen molar-refractivity contribution in [1.29, 1.82) is 0 Å². The van der Waals surface area contributed by atoms with Crippen LogP contribution in [0.2, 0.25) is 0 Å². The minimum absolute atomic E-state index is 0.349. The van der Waals surface area contributed by atoms with Crippen LogP contribution in [0.5, 0.6) is 5.75 Å². The third-order valence-corrected chi connectivity index (χ3v) is 6.53. The molecule has 0 unspecified atom stereocenters. The highest BCUT2D eigenvalue weighted by molar-refractivity contribution is 7.93. The number of sulfonamides is 1. The van der Waals surface area contributed by atoms with Crippen molar-refractivity contribution in [3.8, 4) is 5.75 Å². The Kier molecular flexibility index (Phi) is 6.26. The van der Waals surface area contributed by atoms with E-state index in [1.807, 2.05) is 36.4 Å². The number of hydrogen-bond donors (Lipinski definition) is 2. The lowest BCUT2D eigenvalue weighted by molar-refractivity contribution is 0.210. The first-order valence-corrected chi connectivity index (χ1v) is 11.1. The second-order valence-electron chi connectivity index (χ2n) is 7.30. The van der Waals surface area contributed by atoms with Crippen molar-refractivity contribution in [1.82, 2.24) is 0 Å². The summed E-state index contributed by atoms with van der Waals surface area (Å²) in [6.45, 7) is 3.97. The molecule has 0 aliphatic heterocycles. The van der Waals surface area contributed by atoms with E-state index in [0.717, 1.165) is 29.8 Å². The lowest BCUT2D eigenvalue weighted by atomic mass is 10.2. The first kappa shape index (κ1) is 19.5. The highest BCUT2D eigenvalue weighted by Gasteiger charge is 2.16. The average Bonchev–Trinajstić information content (AvgIpc) is 3.14. The number of anilines is 2. The highest BCUT2D eigenvalue weighted by Crippen LogP contribution is 2.26. The standard InChI is InChI=1S/C21H28N2O3S/c1-16(2)27(24,25)23-18-12-10-17(11-13-18)15-22-19-6-5-9-21(14-19)26-20-7-3-4-8-20/h5-6,9-14,16,20,22-23H,3-4,7-8,15H2,1-2H3. The van der Waals surface area contributed by atoms with Gasteiger partial charge >= 0.3 is 0 Å². The summed E-state index contributed by atoms with van der Waals surface area (Å²) in [4.78, 5) is 0. The van der Waals surface area contributed by atoms with Crippen LogP contribution in [0.4, 0.5) is 11.4 Å². The zero-order valence-corrected chi connectivity index (χ0v) is 16.8. The Hall–Kier alpha value is -2.21. The molecule has 5 nitrogen and oxygen atoms in total. The molecule has 1 aliphatic carbocycles. The summed E-state index contributed by atoms with van der Waals surface area (Å²) >= 11 is 0. The van der Waals surface area contributed by atoms with Gasteiger partial charge in [-0.15, -0.1) is 0 Å². The maximum absolute atomic E-state index is 11.9. The van der Waals surface area contributed by atoms with Crippen molar-refractivity contribution in [2.45, 2.75) is 57.4 Å². The molecule has 6 heteroatoms. The van der Waals surface area contributed by atoms with Crippen molar-refractivity contribution in [3.05, 3.63) is 54.1 Å². The van der Waals surface area contributed by atoms with Crippen molar-refractivity contribution < 1.29 is 13.2 Å². The van der Waals surface area contributed by atoms with Gasteiger partial charge in [0.2, 0.25) is 10.0 Å². The molecular weight excluding hydrogens is 360 g/mol. The van der Waals surface area contributed by atoms with Crippen LogP contribution in [-0.2, 0) is 16.6 Å². The minimum Gasteiger partial charge on any atom is -0.490 e. The van der Waals surface area contributed by atoms with Gasteiger partial charge < -0.3 is 10.1 Å². The third-order valence-electron chi connectivity index (χ3n) is 4.77. The molecule has 0 amide bonds. The molecule has 3 rings (SSSR count). The van der Waals surface area contributed by atoms with Gasteiger partial charge in [-0.1, -0.05) is 18.2 Å². The largest absolute Gasteiger partial charge is 0.490 e. The molecule has 146 valence electrons. The lowest BCUT2D eigenvalue weighted by Crippen LogP contribution is -2.22. The number of benzene rings is 2. The van der Waals surface area contributed by atoms with E-state index in [0.29, 0.717) is 18.3 Å². The van der Waals surface area contributed by atoms with Gasteiger partial charge in [-0.25, -0.2) is 8.42 Å². The number of hydrogen-bond acceptors (Lipinski definition) is 4. The van der Waals surface area contributed by atoms with E-state index >= 15 is 0 Å². The van der Waals surface area contributed by atoms with Gasteiger partial charge in [-0.05, 0) is 69.4 Å². The predicted molar refractivity (Wildman–Crippen MR) is 111 cm³/mol. The van der Waals surface area contributed by atoms with Crippen LogP contribution in [0.25, 0.3) is 0 Å². The summed E-state index contributed by atoms with van der Waals surface area (Å²) in [5.41, 5.74) is 2.67. The van der Waals surface area contributed by atoms with Gasteiger partial charge in [0.25, 0.3) is 0 Å². The summed E-state index contributed by atoms with van der Waals surface area (Å²) in [7, 11) is -3.31. The fourth-order valence-electron chi connectivity index (χ4n) is 3.05. The summed E-state index contributed by atoms with van der Waals surface area (Å²) < 4.78 is 32.5. The van der Waals surface area contributed by atoms with Crippen LogP contribution in [-0.4, -0.2) is 19.8 Å². The van der Waals surface area contributed by atoms with Gasteiger partial charge in [-0.2, -0.15) is 0 Å². The molecule has 2 N–H and O–H groups in total. The Morgan fingerprint density at radius 3 is 2.41 bits per heavy atom. The van der Waals surface area contributed by atoms with Gasteiger partial charge in [-0.3, -0.25) is 4.72 Å². The molecule has 27 heavy (non-hydrogen) atoms. The van der Waals surface area contributed by atoms with Crippen LogP contribution in [0.1, 0.15) is 45.1 Å². The van der Waals surface area contributed by atoms with Gasteiger partial charge in [0.1, 0.15) is 5.75 Å². The normalized spacial score (nSPS) is 15.1. The molecule has 1 fully saturated rings. The van der Waals surface area contributed by atoms with E-state index in [-0.39, 0.29) is 0 Å². The molecule has 0 radical (unpaired) electrons. The van der Waals surface area contributed by atoms with Crippen LogP contribution in [0.3, 0.4) is 0 Å². The second kappa shape index (κ2) is 8.65. The van der Waals surface area contributed by atoms with Crippen LogP contribution >= 0.6 is 0 Å². The fraction of sp³-hybridized carbons (Fsp3) is 0.429. The third kappa shape index (κ3) is 5.63.